The number of hydrogen-bond donors (Lipinski definition) is 1. The molecule has 1 aromatic rings. The standard InChI is InChI=1S/C17H30N4O2/c1-5-7-13(4)18-17(22)14-8-6-9-21(10-14)11-15-19-16(12(2)3)20-23-15/h12-14H,5-11H2,1-4H3,(H,18,22)/t13-,14+/m0/s1. The molecule has 1 aromatic heterocycles. The second-order valence-corrected chi connectivity index (χ2v) is 6.97. The van der Waals surface area contributed by atoms with Gasteiger partial charge < -0.3 is 9.84 Å². The van der Waals surface area contributed by atoms with E-state index in [9.17, 15) is 4.79 Å². The lowest BCUT2D eigenvalue weighted by molar-refractivity contribution is -0.127. The van der Waals surface area contributed by atoms with E-state index in [1.54, 1.807) is 0 Å². The molecule has 6 nitrogen and oxygen atoms in total. The summed E-state index contributed by atoms with van der Waals surface area (Å²) in [5.41, 5.74) is 0. The van der Waals surface area contributed by atoms with Crippen molar-refractivity contribution in [1.29, 1.82) is 0 Å². The highest BCUT2D eigenvalue weighted by molar-refractivity contribution is 5.79. The highest BCUT2D eigenvalue weighted by atomic mass is 16.5. The summed E-state index contributed by atoms with van der Waals surface area (Å²) in [5.74, 6) is 1.92. The first-order valence-corrected chi connectivity index (χ1v) is 8.84. The first-order chi connectivity index (χ1) is 11.0. The highest BCUT2D eigenvalue weighted by Crippen LogP contribution is 2.19. The first-order valence-electron chi connectivity index (χ1n) is 8.84. The Morgan fingerprint density at radius 1 is 1.43 bits per heavy atom. The largest absolute Gasteiger partial charge is 0.353 e. The van der Waals surface area contributed by atoms with Gasteiger partial charge >= 0.3 is 0 Å². The molecule has 1 N–H and O–H groups in total. The summed E-state index contributed by atoms with van der Waals surface area (Å²) < 4.78 is 5.32. The van der Waals surface area contributed by atoms with Crippen LogP contribution >= 0.6 is 0 Å². The minimum Gasteiger partial charge on any atom is -0.353 e. The molecule has 0 unspecified atom stereocenters. The fraction of sp³-hybridized carbons (Fsp3) is 0.824. The van der Waals surface area contributed by atoms with Crippen LogP contribution < -0.4 is 5.32 Å². The van der Waals surface area contributed by atoms with Gasteiger partial charge in [0.25, 0.3) is 0 Å². The predicted octanol–water partition coefficient (Wildman–Crippen LogP) is 2.71. The van der Waals surface area contributed by atoms with E-state index in [4.69, 9.17) is 4.52 Å². The molecule has 1 aliphatic rings. The van der Waals surface area contributed by atoms with Crippen LogP contribution in [0, 0.1) is 5.92 Å². The van der Waals surface area contributed by atoms with Gasteiger partial charge in [0, 0.05) is 18.5 Å². The van der Waals surface area contributed by atoms with E-state index in [2.05, 4.69) is 34.2 Å². The van der Waals surface area contributed by atoms with Gasteiger partial charge in [0.2, 0.25) is 11.8 Å². The van der Waals surface area contributed by atoms with Crippen LogP contribution in [0.2, 0.25) is 0 Å². The molecule has 0 bridgehead atoms. The van der Waals surface area contributed by atoms with Crippen LogP contribution in [0.3, 0.4) is 0 Å². The molecule has 130 valence electrons. The number of nitrogens with zero attached hydrogens (tertiary/aromatic N) is 3. The molecule has 6 heteroatoms. The number of carbonyl (C=O) groups is 1. The Bertz CT molecular complexity index is 501. The fourth-order valence-corrected chi connectivity index (χ4v) is 3.04. The van der Waals surface area contributed by atoms with Gasteiger partial charge in [0.15, 0.2) is 5.82 Å². The average molecular weight is 322 g/mol. The third-order valence-electron chi connectivity index (χ3n) is 4.35. The molecule has 1 fully saturated rings. The molecular weight excluding hydrogens is 292 g/mol. The van der Waals surface area contributed by atoms with E-state index in [1.807, 2.05) is 13.8 Å². The van der Waals surface area contributed by atoms with Crippen LogP contribution in [-0.2, 0) is 11.3 Å². The number of amides is 1. The van der Waals surface area contributed by atoms with Gasteiger partial charge in [-0.1, -0.05) is 32.3 Å². The van der Waals surface area contributed by atoms with Crippen LogP contribution in [-0.4, -0.2) is 40.1 Å². The SMILES string of the molecule is CCC[C@H](C)NC(=O)[C@@H]1CCCN(Cc2nc(C(C)C)no2)C1. The van der Waals surface area contributed by atoms with Crippen molar-refractivity contribution in [2.75, 3.05) is 13.1 Å². The van der Waals surface area contributed by atoms with Gasteiger partial charge in [-0.15, -0.1) is 0 Å². The van der Waals surface area contributed by atoms with Crippen LogP contribution in [0.25, 0.3) is 0 Å². The number of rotatable bonds is 7. The third kappa shape index (κ3) is 5.30. The Kier molecular flexibility index (Phi) is 6.57. The molecule has 1 aliphatic heterocycles. The van der Waals surface area contributed by atoms with Gasteiger partial charge in [-0.25, -0.2) is 0 Å². The Labute approximate surface area is 139 Å². The lowest BCUT2D eigenvalue weighted by Crippen LogP contribution is -2.45. The number of hydrogen-bond acceptors (Lipinski definition) is 5. The molecule has 1 amide bonds. The molecular formula is C17H30N4O2. The topological polar surface area (TPSA) is 71.3 Å². The zero-order valence-electron chi connectivity index (χ0n) is 14.8. The lowest BCUT2D eigenvalue weighted by Gasteiger charge is -2.31. The van der Waals surface area contributed by atoms with E-state index in [-0.39, 0.29) is 23.8 Å². The Morgan fingerprint density at radius 3 is 2.87 bits per heavy atom. The minimum atomic E-state index is 0.0653. The van der Waals surface area contributed by atoms with Crippen LogP contribution in [0.1, 0.15) is 71.0 Å². The van der Waals surface area contributed by atoms with Gasteiger partial charge in [-0.2, -0.15) is 4.98 Å². The molecule has 2 rings (SSSR count). The number of nitrogens with one attached hydrogen (secondary N) is 1. The van der Waals surface area contributed by atoms with Crippen LogP contribution in [0.4, 0.5) is 0 Å². The van der Waals surface area contributed by atoms with Crippen molar-refractivity contribution in [2.45, 2.75) is 71.9 Å². The minimum absolute atomic E-state index is 0.0653. The van der Waals surface area contributed by atoms with Crippen LogP contribution in [0.15, 0.2) is 4.52 Å². The summed E-state index contributed by atoms with van der Waals surface area (Å²) >= 11 is 0. The third-order valence-corrected chi connectivity index (χ3v) is 4.35. The monoisotopic (exact) mass is 322 g/mol. The van der Waals surface area contributed by atoms with Gasteiger partial charge in [0.05, 0.1) is 12.5 Å². The smallest absolute Gasteiger partial charge is 0.240 e. The normalized spacial score (nSPS) is 20.7. The highest BCUT2D eigenvalue weighted by Gasteiger charge is 2.27. The zero-order chi connectivity index (χ0) is 16.8. The van der Waals surface area contributed by atoms with Gasteiger partial charge in [0.1, 0.15) is 0 Å². The maximum Gasteiger partial charge on any atom is 0.240 e. The maximum atomic E-state index is 12.4. The Balaban J connectivity index is 1.86. The number of carbonyl (C=O) groups excluding carboxylic acids is 1. The van der Waals surface area contributed by atoms with E-state index in [1.165, 1.54) is 0 Å². The van der Waals surface area contributed by atoms with Crippen molar-refractivity contribution < 1.29 is 9.32 Å². The summed E-state index contributed by atoms with van der Waals surface area (Å²) in [6.07, 6.45) is 4.11. The Hall–Kier alpha value is -1.43. The second-order valence-electron chi connectivity index (χ2n) is 6.97. The van der Waals surface area contributed by atoms with E-state index >= 15 is 0 Å². The quantitative estimate of drug-likeness (QED) is 0.835. The number of likely N-dealkylation sites (tertiary alicyclic amines) is 1. The lowest BCUT2D eigenvalue weighted by atomic mass is 9.96. The molecule has 0 radical (unpaired) electrons. The van der Waals surface area contributed by atoms with Crippen molar-refractivity contribution in [1.82, 2.24) is 20.4 Å². The summed E-state index contributed by atoms with van der Waals surface area (Å²) in [4.78, 5) is 19.1. The zero-order valence-corrected chi connectivity index (χ0v) is 14.8. The summed E-state index contributed by atoms with van der Waals surface area (Å²) in [6.45, 7) is 10.7. The molecule has 2 heterocycles. The predicted molar refractivity (Wildman–Crippen MR) is 88.9 cm³/mol. The van der Waals surface area contributed by atoms with Crippen molar-refractivity contribution in [2.24, 2.45) is 5.92 Å². The molecule has 2 atom stereocenters. The summed E-state index contributed by atoms with van der Waals surface area (Å²) in [5, 5.41) is 7.14. The molecule has 0 aromatic carbocycles. The summed E-state index contributed by atoms with van der Waals surface area (Å²) in [7, 11) is 0. The van der Waals surface area contributed by atoms with Crippen molar-refractivity contribution in [3.63, 3.8) is 0 Å². The molecule has 0 aliphatic carbocycles. The van der Waals surface area contributed by atoms with E-state index < -0.39 is 0 Å². The van der Waals surface area contributed by atoms with Crippen molar-refractivity contribution in [3.8, 4) is 0 Å². The van der Waals surface area contributed by atoms with Crippen LogP contribution in [0.5, 0.6) is 0 Å². The second kappa shape index (κ2) is 8.43. The molecule has 23 heavy (non-hydrogen) atoms. The fourth-order valence-electron chi connectivity index (χ4n) is 3.04. The molecule has 1 saturated heterocycles. The molecule has 0 spiro atoms. The number of aromatic nitrogens is 2. The first kappa shape index (κ1) is 17.9. The van der Waals surface area contributed by atoms with Crippen molar-refractivity contribution in [3.05, 3.63) is 11.7 Å². The van der Waals surface area contributed by atoms with Gasteiger partial charge in [-0.3, -0.25) is 9.69 Å². The maximum absolute atomic E-state index is 12.4. The molecule has 0 saturated carbocycles. The van der Waals surface area contributed by atoms with E-state index in [0.29, 0.717) is 12.4 Å². The van der Waals surface area contributed by atoms with Gasteiger partial charge in [-0.05, 0) is 32.7 Å². The van der Waals surface area contributed by atoms with E-state index in [0.717, 1.165) is 44.6 Å². The Morgan fingerprint density at radius 2 is 2.22 bits per heavy atom. The number of piperidine rings is 1. The summed E-state index contributed by atoms with van der Waals surface area (Å²) in [6, 6.07) is 0.257. The average Bonchev–Trinajstić information content (AvgIpc) is 2.96. The van der Waals surface area contributed by atoms with Crippen molar-refractivity contribution >= 4 is 5.91 Å².